The second-order valence-corrected chi connectivity index (χ2v) is 7.81. The second kappa shape index (κ2) is 6.63. The average Bonchev–Trinajstić information content (AvgIpc) is 3.15. The van der Waals surface area contributed by atoms with Crippen LogP contribution in [0, 0.1) is 5.41 Å². The van der Waals surface area contributed by atoms with Crippen molar-refractivity contribution in [3.63, 3.8) is 0 Å². The number of likely N-dealkylation sites (tertiary alicyclic amines) is 1. The molecule has 0 saturated carbocycles. The van der Waals surface area contributed by atoms with Crippen LogP contribution in [0.3, 0.4) is 0 Å². The van der Waals surface area contributed by atoms with Crippen molar-refractivity contribution in [3.8, 4) is 0 Å². The van der Waals surface area contributed by atoms with Crippen molar-refractivity contribution in [1.29, 1.82) is 0 Å². The fourth-order valence-electron chi connectivity index (χ4n) is 3.36. The first-order chi connectivity index (χ1) is 11.4. The minimum atomic E-state index is -0.834. The summed E-state index contributed by atoms with van der Waals surface area (Å²) in [5.41, 5.74) is 0.316. The molecule has 1 aromatic carbocycles. The summed E-state index contributed by atoms with van der Waals surface area (Å²) in [5.74, 6) is -0.834. The Hall–Kier alpha value is -1.76. The molecule has 2 saturated heterocycles. The molecule has 1 aromatic rings. The van der Waals surface area contributed by atoms with Crippen LogP contribution in [-0.4, -0.2) is 54.2 Å². The van der Waals surface area contributed by atoms with E-state index in [1.54, 1.807) is 11.8 Å². The SMILES string of the molecule is CC1(C(=O)O)CCN(C(=O)NC2CCN(c3cccc(Br)c3)C2)C1. The maximum absolute atomic E-state index is 12.4. The Morgan fingerprint density at radius 2 is 2.17 bits per heavy atom. The number of halogens is 1. The molecule has 0 aliphatic carbocycles. The molecule has 2 amide bonds. The van der Waals surface area contributed by atoms with Gasteiger partial charge in [0.05, 0.1) is 5.41 Å². The Labute approximate surface area is 149 Å². The number of hydrogen-bond acceptors (Lipinski definition) is 3. The number of anilines is 1. The van der Waals surface area contributed by atoms with Crippen molar-refractivity contribution in [2.24, 2.45) is 5.41 Å². The number of hydrogen-bond donors (Lipinski definition) is 2. The highest BCUT2D eigenvalue weighted by Crippen LogP contribution is 2.30. The van der Waals surface area contributed by atoms with E-state index in [4.69, 9.17) is 0 Å². The van der Waals surface area contributed by atoms with Crippen LogP contribution in [0.4, 0.5) is 10.5 Å². The van der Waals surface area contributed by atoms with Crippen molar-refractivity contribution in [2.45, 2.75) is 25.8 Å². The normalized spacial score (nSPS) is 26.7. The maximum atomic E-state index is 12.4. The summed E-state index contributed by atoms with van der Waals surface area (Å²) in [5, 5.41) is 12.3. The van der Waals surface area contributed by atoms with Crippen LogP contribution >= 0.6 is 15.9 Å². The number of rotatable bonds is 3. The van der Waals surface area contributed by atoms with Gasteiger partial charge in [0.1, 0.15) is 0 Å². The second-order valence-electron chi connectivity index (χ2n) is 6.90. The van der Waals surface area contributed by atoms with Gasteiger partial charge >= 0.3 is 12.0 Å². The van der Waals surface area contributed by atoms with Crippen molar-refractivity contribution < 1.29 is 14.7 Å². The molecule has 2 atom stereocenters. The lowest BCUT2D eigenvalue weighted by Crippen LogP contribution is -2.46. The Balaban J connectivity index is 1.54. The molecule has 2 heterocycles. The van der Waals surface area contributed by atoms with Gasteiger partial charge < -0.3 is 20.2 Å². The third-order valence-electron chi connectivity index (χ3n) is 4.97. The molecule has 2 unspecified atom stereocenters. The van der Waals surface area contributed by atoms with Gasteiger partial charge in [-0.2, -0.15) is 0 Å². The zero-order valence-electron chi connectivity index (χ0n) is 13.7. The summed E-state index contributed by atoms with van der Waals surface area (Å²) in [7, 11) is 0. The van der Waals surface area contributed by atoms with E-state index in [0.717, 1.165) is 29.7 Å². The Morgan fingerprint density at radius 1 is 1.38 bits per heavy atom. The minimum absolute atomic E-state index is 0.0909. The van der Waals surface area contributed by atoms with E-state index in [1.807, 2.05) is 12.1 Å². The molecular formula is C17H22BrN3O3. The number of urea groups is 1. The highest BCUT2D eigenvalue weighted by atomic mass is 79.9. The zero-order valence-corrected chi connectivity index (χ0v) is 15.3. The number of carbonyl (C=O) groups is 2. The number of carboxylic acids is 1. The number of aliphatic carboxylic acids is 1. The molecule has 2 fully saturated rings. The van der Waals surface area contributed by atoms with E-state index in [-0.39, 0.29) is 18.6 Å². The third-order valence-corrected chi connectivity index (χ3v) is 5.46. The summed E-state index contributed by atoms with van der Waals surface area (Å²) in [4.78, 5) is 27.6. The molecular weight excluding hydrogens is 374 g/mol. The van der Waals surface area contributed by atoms with Crippen LogP contribution in [0.25, 0.3) is 0 Å². The fourth-order valence-corrected chi connectivity index (χ4v) is 3.75. The monoisotopic (exact) mass is 395 g/mol. The van der Waals surface area contributed by atoms with Crippen LogP contribution < -0.4 is 10.2 Å². The van der Waals surface area contributed by atoms with Gasteiger partial charge in [-0.05, 0) is 38.0 Å². The molecule has 130 valence electrons. The smallest absolute Gasteiger partial charge is 0.317 e. The lowest BCUT2D eigenvalue weighted by molar-refractivity contribution is -0.146. The van der Waals surface area contributed by atoms with Crippen LogP contribution in [0.15, 0.2) is 28.7 Å². The Morgan fingerprint density at radius 3 is 2.83 bits per heavy atom. The van der Waals surface area contributed by atoms with Crippen molar-refractivity contribution in [3.05, 3.63) is 28.7 Å². The van der Waals surface area contributed by atoms with Gasteiger partial charge in [0.2, 0.25) is 0 Å². The summed E-state index contributed by atoms with van der Waals surface area (Å²) >= 11 is 3.48. The van der Waals surface area contributed by atoms with Crippen molar-refractivity contribution in [2.75, 3.05) is 31.1 Å². The summed E-state index contributed by atoms with van der Waals surface area (Å²) in [6.45, 7) is 4.14. The molecule has 0 bridgehead atoms. The maximum Gasteiger partial charge on any atom is 0.317 e. The topological polar surface area (TPSA) is 72.9 Å². The highest BCUT2D eigenvalue weighted by molar-refractivity contribution is 9.10. The van der Waals surface area contributed by atoms with Crippen molar-refractivity contribution >= 4 is 33.6 Å². The van der Waals surface area contributed by atoms with Crippen LogP contribution in [0.1, 0.15) is 19.8 Å². The summed E-state index contributed by atoms with van der Waals surface area (Å²) in [6, 6.07) is 8.07. The fraction of sp³-hybridized carbons (Fsp3) is 0.529. The van der Waals surface area contributed by atoms with Crippen LogP contribution in [0.2, 0.25) is 0 Å². The molecule has 0 spiro atoms. The Bertz CT molecular complexity index is 654. The number of nitrogens with one attached hydrogen (secondary N) is 1. The predicted octanol–water partition coefficient (Wildman–Crippen LogP) is 2.53. The highest BCUT2D eigenvalue weighted by Gasteiger charge is 2.42. The van der Waals surface area contributed by atoms with Gasteiger partial charge in [0, 0.05) is 42.4 Å². The molecule has 0 radical (unpaired) electrons. The summed E-state index contributed by atoms with van der Waals surface area (Å²) < 4.78 is 1.04. The van der Waals surface area contributed by atoms with Gasteiger partial charge in [-0.3, -0.25) is 4.79 Å². The molecule has 3 rings (SSSR count). The number of nitrogens with zero attached hydrogens (tertiary/aromatic N) is 2. The van der Waals surface area contributed by atoms with Gasteiger partial charge in [-0.25, -0.2) is 4.79 Å². The number of benzene rings is 1. The zero-order chi connectivity index (χ0) is 17.3. The van der Waals surface area contributed by atoms with E-state index < -0.39 is 11.4 Å². The van der Waals surface area contributed by atoms with E-state index >= 15 is 0 Å². The first-order valence-electron chi connectivity index (χ1n) is 8.17. The molecule has 0 aromatic heterocycles. The van der Waals surface area contributed by atoms with E-state index in [0.29, 0.717) is 13.0 Å². The van der Waals surface area contributed by atoms with Crippen LogP contribution in [0.5, 0.6) is 0 Å². The number of carboxylic acid groups (broad SMARTS) is 1. The molecule has 2 N–H and O–H groups in total. The lowest BCUT2D eigenvalue weighted by Gasteiger charge is -2.23. The summed E-state index contributed by atoms with van der Waals surface area (Å²) in [6.07, 6.45) is 1.40. The number of carbonyl (C=O) groups excluding carboxylic acids is 1. The molecule has 7 heteroatoms. The standard InChI is InChI=1S/C17H22BrN3O3/c1-17(15(22)23)6-8-21(11-17)16(24)19-13-5-7-20(10-13)14-4-2-3-12(18)9-14/h2-4,9,13H,5-8,10-11H2,1H3,(H,19,24)(H,22,23). The molecule has 24 heavy (non-hydrogen) atoms. The van der Waals surface area contributed by atoms with E-state index in [9.17, 15) is 14.7 Å². The van der Waals surface area contributed by atoms with Gasteiger partial charge in [0.25, 0.3) is 0 Å². The Kier molecular flexibility index (Phi) is 4.71. The van der Waals surface area contributed by atoms with Crippen LogP contribution in [-0.2, 0) is 4.79 Å². The molecule has 2 aliphatic rings. The lowest BCUT2D eigenvalue weighted by atomic mass is 9.90. The van der Waals surface area contributed by atoms with Gasteiger partial charge in [-0.1, -0.05) is 22.0 Å². The first kappa shape index (κ1) is 17.1. The molecule has 6 nitrogen and oxygen atoms in total. The van der Waals surface area contributed by atoms with E-state index in [2.05, 4.69) is 38.3 Å². The number of amides is 2. The minimum Gasteiger partial charge on any atom is -0.481 e. The molecule has 2 aliphatic heterocycles. The average molecular weight is 396 g/mol. The quantitative estimate of drug-likeness (QED) is 0.824. The van der Waals surface area contributed by atoms with E-state index in [1.165, 1.54) is 0 Å². The predicted molar refractivity (Wildman–Crippen MR) is 95.2 cm³/mol. The van der Waals surface area contributed by atoms with Crippen molar-refractivity contribution in [1.82, 2.24) is 10.2 Å². The van der Waals surface area contributed by atoms with Gasteiger partial charge in [0.15, 0.2) is 0 Å². The largest absolute Gasteiger partial charge is 0.481 e. The van der Waals surface area contributed by atoms with Gasteiger partial charge in [-0.15, -0.1) is 0 Å². The first-order valence-corrected chi connectivity index (χ1v) is 8.96. The third kappa shape index (κ3) is 3.50.